The third-order valence-corrected chi connectivity index (χ3v) is 12.7. The molecule has 0 saturated carbocycles. The third-order valence-electron chi connectivity index (χ3n) is 7.57. The Bertz CT molecular complexity index is 760. The summed E-state index contributed by atoms with van der Waals surface area (Å²) in [4.78, 5) is 0. The van der Waals surface area contributed by atoms with Crippen LogP contribution in [0.5, 0.6) is 0 Å². The lowest BCUT2D eigenvalue weighted by atomic mass is 10.0. The van der Waals surface area contributed by atoms with Gasteiger partial charge in [-0.15, -0.1) is 0 Å². The predicted octanol–water partition coefficient (Wildman–Crippen LogP) is 8.40. The highest BCUT2D eigenvalue weighted by atomic mass is 28.4. The van der Waals surface area contributed by atoms with E-state index in [4.69, 9.17) is 4.43 Å². The van der Waals surface area contributed by atoms with Crippen molar-refractivity contribution in [3.05, 3.63) is 60.7 Å². The van der Waals surface area contributed by atoms with Gasteiger partial charge in [-0.05, 0) is 34.7 Å². The largest absolute Gasteiger partial charge is 0.404 e. The maximum Gasteiger partial charge on any atom is 0.261 e. The highest BCUT2D eigenvalue weighted by molar-refractivity contribution is 6.99. The highest BCUT2D eigenvalue weighted by Crippen LogP contribution is 2.38. The van der Waals surface area contributed by atoms with Crippen molar-refractivity contribution in [2.45, 2.75) is 135 Å². The molecule has 2 aromatic carbocycles. The van der Waals surface area contributed by atoms with Crippen molar-refractivity contribution in [2.75, 3.05) is 0 Å². The Hall–Kier alpha value is -1.42. The summed E-state index contributed by atoms with van der Waals surface area (Å²) in [5.74, 6) is 0. The first kappa shape index (κ1) is 30.8. The lowest BCUT2D eigenvalue weighted by Gasteiger charge is -2.45. The van der Waals surface area contributed by atoms with Crippen LogP contribution in [0.1, 0.15) is 118 Å². The molecule has 202 valence electrons. The third kappa shape index (κ3) is 9.47. The van der Waals surface area contributed by atoms with Crippen LogP contribution in [-0.4, -0.2) is 25.6 Å². The Balaban J connectivity index is 2.32. The molecular weight excluding hydrogens is 456 g/mol. The summed E-state index contributed by atoms with van der Waals surface area (Å²) >= 11 is 0. The molecule has 0 amide bonds. The van der Waals surface area contributed by atoms with Crippen LogP contribution in [0.15, 0.2) is 60.7 Å². The standard InChI is InChI=1S/C33H54O2Si/c1-6-8-10-12-16-22-29(34)28-30(23-17-13-11-9-7-2)35-36(33(3,4)5,31-24-18-14-19-25-31)32-26-20-15-21-27-32/h14-15,18-21,24-27,29-30,34H,6-13,16-17,22-23,28H2,1-5H3/t29-,30-/m0/s1. The van der Waals surface area contributed by atoms with E-state index < -0.39 is 8.32 Å². The number of rotatable bonds is 18. The molecular formula is C33H54O2Si. The molecule has 2 nitrogen and oxygen atoms in total. The quantitative estimate of drug-likeness (QED) is 0.161. The smallest absolute Gasteiger partial charge is 0.261 e. The molecule has 0 aromatic heterocycles. The second-order valence-corrected chi connectivity index (χ2v) is 16.0. The Morgan fingerprint density at radius 1 is 0.667 bits per heavy atom. The number of benzene rings is 2. The summed E-state index contributed by atoms with van der Waals surface area (Å²) in [6.07, 6.45) is 14.9. The van der Waals surface area contributed by atoms with Crippen molar-refractivity contribution in [3.8, 4) is 0 Å². The molecule has 0 aliphatic heterocycles. The van der Waals surface area contributed by atoms with Crippen LogP contribution in [0.4, 0.5) is 0 Å². The average molecular weight is 511 g/mol. The Kier molecular flexibility index (Phi) is 14.1. The van der Waals surface area contributed by atoms with Crippen molar-refractivity contribution >= 4 is 18.7 Å². The summed E-state index contributed by atoms with van der Waals surface area (Å²) in [7, 11) is -2.61. The second-order valence-electron chi connectivity index (χ2n) is 11.7. The average Bonchev–Trinajstić information content (AvgIpc) is 2.87. The van der Waals surface area contributed by atoms with Crippen molar-refractivity contribution < 1.29 is 9.53 Å². The minimum Gasteiger partial charge on any atom is -0.404 e. The van der Waals surface area contributed by atoms with Gasteiger partial charge in [-0.25, -0.2) is 0 Å². The molecule has 0 aliphatic carbocycles. The first-order chi connectivity index (χ1) is 17.3. The van der Waals surface area contributed by atoms with Crippen LogP contribution >= 0.6 is 0 Å². The lowest BCUT2D eigenvalue weighted by molar-refractivity contribution is 0.0759. The van der Waals surface area contributed by atoms with Crippen LogP contribution < -0.4 is 10.4 Å². The minimum atomic E-state index is -2.61. The van der Waals surface area contributed by atoms with E-state index in [-0.39, 0.29) is 17.2 Å². The first-order valence-electron chi connectivity index (χ1n) is 14.8. The summed E-state index contributed by atoms with van der Waals surface area (Å²) in [5, 5.41) is 13.7. The van der Waals surface area contributed by atoms with Gasteiger partial charge in [0.2, 0.25) is 0 Å². The molecule has 36 heavy (non-hydrogen) atoms. The van der Waals surface area contributed by atoms with E-state index in [2.05, 4.69) is 95.3 Å². The van der Waals surface area contributed by atoms with Gasteiger partial charge in [0.25, 0.3) is 8.32 Å². The number of hydrogen-bond acceptors (Lipinski definition) is 2. The van der Waals surface area contributed by atoms with E-state index in [1.54, 1.807) is 0 Å². The fraction of sp³-hybridized carbons (Fsp3) is 0.636. The SMILES string of the molecule is CCCCCCC[C@H](O)C[C@H](CCCCCCC)O[Si](c1ccccc1)(c1ccccc1)C(C)(C)C. The molecule has 2 atom stereocenters. The maximum atomic E-state index is 11.1. The van der Waals surface area contributed by atoms with Crippen molar-refractivity contribution in [3.63, 3.8) is 0 Å². The van der Waals surface area contributed by atoms with E-state index in [0.717, 1.165) is 25.7 Å². The monoisotopic (exact) mass is 510 g/mol. The van der Waals surface area contributed by atoms with E-state index in [9.17, 15) is 5.11 Å². The second kappa shape index (κ2) is 16.4. The molecule has 0 aliphatic rings. The zero-order valence-electron chi connectivity index (χ0n) is 24.0. The van der Waals surface area contributed by atoms with Gasteiger partial charge in [-0.2, -0.15) is 0 Å². The molecule has 0 bridgehead atoms. The number of unbranched alkanes of at least 4 members (excludes halogenated alkanes) is 8. The molecule has 0 spiro atoms. The summed E-state index contributed by atoms with van der Waals surface area (Å²) < 4.78 is 7.48. The fourth-order valence-electron chi connectivity index (χ4n) is 5.55. The zero-order chi connectivity index (χ0) is 26.3. The molecule has 0 saturated heterocycles. The summed E-state index contributed by atoms with van der Waals surface area (Å²) in [5.41, 5.74) is 0. The van der Waals surface area contributed by atoms with Gasteiger partial charge in [0, 0.05) is 6.10 Å². The fourth-order valence-corrected chi connectivity index (χ4v) is 10.3. The lowest BCUT2D eigenvalue weighted by Crippen LogP contribution is -2.67. The van der Waals surface area contributed by atoms with Crippen LogP contribution in [-0.2, 0) is 4.43 Å². The molecule has 0 unspecified atom stereocenters. The van der Waals surface area contributed by atoms with Crippen molar-refractivity contribution in [1.29, 1.82) is 0 Å². The molecule has 0 heterocycles. The first-order valence-corrected chi connectivity index (χ1v) is 16.7. The zero-order valence-corrected chi connectivity index (χ0v) is 25.0. The molecule has 0 fully saturated rings. The summed E-state index contributed by atoms with van der Waals surface area (Å²) in [6.45, 7) is 11.6. The number of aliphatic hydroxyl groups is 1. The number of aliphatic hydroxyl groups excluding tert-OH is 1. The Labute approximate surface area is 224 Å². The van der Waals surface area contributed by atoms with Gasteiger partial charge < -0.3 is 9.53 Å². The molecule has 2 rings (SSSR count). The Morgan fingerprint density at radius 2 is 1.11 bits per heavy atom. The van der Waals surface area contributed by atoms with Crippen LogP contribution in [0.3, 0.4) is 0 Å². The van der Waals surface area contributed by atoms with E-state index in [1.165, 1.54) is 68.2 Å². The predicted molar refractivity (Wildman–Crippen MR) is 160 cm³/mol. The van der Waals surface area contributed by atoms with Gasteiger partial charge in [0.15, 0.2) is 0 Å². The molecule has 3 heteroatoms. The van der Waals surface area contributed by atoms with Crippen LogP contribution in [0.25, 0.3) is 0 Å². The van der Waals surface area contributed by atoms with Crippen LogP contribution in [0, 0.1) is 0 Å². The molecule has 0 radical (unpaired) electrons. The minimum absolute atomic E-state index is 0.0404. The number of hydrogen-bond donors (Lipinski definition) is 1. The van der Waals surface area contributed by atoms with Crippen molar-refractivity contribution in [2.24, 2.45) is 0 Å². The van der Waals surface area contributed by atoms with Crippen LogP contribution in [0.2, 0.25) is 5.04 Å². The molecule has 2 aromatic rings. The van der Waals surface area contributed by atoms with Gasteiger partial charge in [0.05, 0.1) is 6.10 Å². The van der Waals surface area contributed by atoms with E-state index in [1.807, 2.05) is 0 Å². The van der Waals surface area contributed by atoms with E-state index in [0.29, 0.717) is 0 Å². The van der Waals surface area contributed by atoms with E-state index >= 15 is 0 Å². The van der Waals surface area contributed by atoms with Crippen molar-refractivity contribution in [1.82, 2.24) is 0 Å². The maximum absolute atomic E-state index is 11.1. The van der Waals surface area contributed by atoms with Gasteiger partial charge in [-0.3, -0.25) is 0 Å². The highest BCUT2D eigenvalue weighted by Gasteiger charge is 2.51. The summed E-state index contributed by atoms with van der Waals surface area (Å²) in [6, 6.07) is 21.9. The van der Waals surface area contributed by atoms with Gasteiger partial charge in [0.1, 0.15) is 0 Å². The Morgan fingerprint density at radius 3 is 1.56 bits per heavy atom. The van der Waals surface area contributed by atoms with Gasteiger partial charge in [-0.1, -0.05) is 159 Å². The normalized spacial score (nSPS) is 14.1. The molecule has 1 N–H and O–H groups in total. The van der Waals surface area contributed by atoms with Gasteiger partial charge >= 0.3 is 0 Å². The topological polar surface area (TPSA) is 29.5 Å².